The highest BCUT2D eigenvalue weighted by Gasteiger charge is 2.27. The van der Waals surface area contributed by atoms with E-state index in [1.54, 1.807) is 0 Å². The van der Waals surface area contributed by atoms with Gasteiger partial charge in [-0.2, -0.15) is 0 Å². The molecule has 2 rings (SSSR count). The predicted molar refractivity (Wildman–Crippen MR) is 94.7 cm³/mol. The van der Waals surface area contributed by atoms with Crippen molar-refractivity contribution in [3.63, 3.8) is 0 Å². The van der Waals surface area contributed by atoms with Crippen LogP contribution < -0.4 is 0 Å². The molecule has 0 heterocycles. The first kappa shape index (κ1) is 19.4. The van der Waals surface area contributed by atoms with Crippen LogP contribution in [0.3, 0.4) is 0 Å². The molecule has 2 fully saturated rings. The van der Waals surface area contributed by atoms with Gasteiger partial charge < -0.3 is 10.2 Å². The van der Waals surface area contributed by atoms with Gasteiger partial charge >= 0.3 is 0 Å². The van der Waals surface area contributed by atoms with Crippen molar-refractivity contribution < 1.29 is 10.2 Å². The Hall–Kier alpha value is -0.600. The maximum Gasteiger partial charge on any atom is 0.0607 e. The summed E-state index contributed by atoms with van der Waals surface area (Å²) in [5.41, 5.74) is 2.29. The maximum atomic E-state index is 9.65. The fraction of sp³-hybridized carbons (Fsp3) is 0.800. The molecule has 2 aliphatic carbocycles. The lowest BCUT2D eigenvalue weighted by Crippen LogP contribution is -2.28. The average Bonchev–Trinajstić information content (AvgIpc) is 2.38. The summed E-state index contributed by atoms with van der Waals surface area (Å²) in [7, 11) is 0. The molecule has 0 bridgehead atoms. The standard InChI is InChI=1S/2C10H18O/c2*1-7(2)9-5-4-8(3)6-10(9)11/h2*8-11H,1,4-6H2,2-3H3. The van der Waals surface area contributed by atoms with E-state index in [9.17, 15) is 10.2 Å². The first-order valence-electron chi connectivity index (χ1n) is 8.89. The van der Waals surface area contributed by atoms with E-state index >= 15 is 0 Å². The molecule has 2 saturated carbocycles. The molecule has 2 heteroatoms. The van der Waals surface area contributed by atoms with E-state index in [1.165, 1.54) is 12.8 Å². The zero-order valence-electron chi connectivity index (χ0n) is 15.0. The van der Waals surface area contributed by atoms with Gasteiger partial charge in [0.2, 0.25) is 0 Å². The Balaban J connectivity index is 0.000000220. The van der Waals surface area contributed by atoms with Gasteiger partial charge in [0.25, 0.3) is 0 Å². The van der Waals surface area contributed by atoms with Gasteiger partial charge in [0.15, 0.2) is 0 Å². The van der Waals surface area contributed by atoms with Crippen LogP contribution in [0.4, 0.5) is 0 Å². The molecule has 0 radical (unpaired) electrons. The third-order valence-electron chi connectivity index (χ3n) is 5.42. The maximum absolute atomic E-state index is 9.65. The molecule has 2 aliphatic rings. The second-order valence-corrected chi connectivity index (χ2v) is 7.88. The highest BCUT2D eigenvalue weighted by molar-refractivity contribution is 5.02. The van der Waals surface area contributed by atoms with Crippen molar-refractivity contribution >= 4 is 0 Å². The Bertz CT molecular complexity index is 338. The predicted octanol–water partition coefficient (Wildman–Crippen LogP) is 4.72. The van der Waals surface area contributed by atoms with E-state index in [-0.39, 0.29) is 12.2 Å². The number of rotatable bonds is 2. The van der Waals surface area contributed by atoms with Crippen LogP contribution in [-0.4, -0.2) is 22.4 Å². The normalized spacial score (nSPS) is 38.6. The second-order valence-electron chi connectivity index (χ2n) is 7.88. The second kappa shape index (κ2) is 8.88. The van der Waals surface area contributed by atoms with Gasteiger partial charge in [-0.05, 0) is 64.2 Å². The van der Waals surface area contributed by atoms with E-state index in [1.807, 2.05) is 13.8 Å². The quantitative estimate of drug-likeness (QED) is 0.725. The molecule has 128 valence electrons. The van der Waals surface area contributed by atoms with Crippen molar-refractivity contribution in [2.24, 2.45) is 23.7 Å². The van der Waals surface area contributed by atoms with Crippen molar-refractivity contribution in [3.05, 3.63) is 24.3 Å². The van der Waals surface area contributed by atoms with Gasteiger partial charge in [0.05, 0.1) is 12.2 Å². The first-order chi connectivity index (χ1) is 10.2. The van der Waals surface area contributed by atoms with Crippen LogP contribution in [0.1, 0.15) is 66.2 Å². The molecule has 0 saturated heterocycles. The van der Waals surface area contributed by atoms with Crippen molar-refractivity contribution in [2.45, 2.75) is 78.4 Å². The lowest BCUT2D eigenvalue weighted by Gasteiger charge is -2.31. The third-order valence-corrected chi connectivity index (χ3v) is 5.42. The van der Waals surface area contributed by atoms with Crippen LogP contribution in [0.15, 0.2) is 24.3 Å². The van der Waals surface area contributed by atoms with Gasteiger partial charge in [-0.3, -0.25) is 0 Å². The molecule has 22 heavy (non-hydrogen) atoms. The summed E-state index contributed by atoms with van der Waals surface area (Å²) in [5.74, 6) is 2.12. The minimum atomic E-state index is -0.128. The summed E-state index contributed by atoms with van der Waals surface area (Å²) < 4.78 is 0. The minimum absolute atomic E-state index is 0.128. The minimum Gasteiger partial charge on any atom is -0.392 e. The van der Waals surface area contributed by atoms with Gasteiger partial charge in [-0.1, -0.05) is 38.2 Å². The van der Waals surface area contributed by atoms with Gasteiger partial charge in [0.1, 0.15) is 0 Å². The van der Waals surface area contributed by atoms with E-state index in [2.05, 4.69) is 27.0 Å². The molecule has 0 aromatic rings. The Morgan fingerprint density at radius 3 is 1.27 bits per heavy atom. The van der Waals surface area contributed by atoms with E-state index in [0.717, 1.165) is 36.8 Å². The average molecular weight is 309 g/mol. The number of hydrogen-bond acceptors (Lipinski definition) is 2. The van der Waals surface area contributed by atoms with Gasteiger partial charge in [-0.15, -0.1) is 0 Å². The summed E-state index contributed by atoms with van der Waals surface area (Å²) in [6, 6.07) is 0. The lowest BCUT2D eigenvalue weighted by atomic mass is 9.78. The summed E-state index contributed by atoms with van der Waals surface area (Å²) in [6.07, 6.45) is 6.39. The molecule has 2 nitrogen and oxygen atoms in total. The monoisotopic (exact) mass is 308 g/mol. The summed E-state index contributed by atoms with van der Waals surface area (Å²) in [6.45, 7) is 16.2. The number of aliphatic hydroxyl groups excluding tert-OH is 2. The molecule has 0 spiro atoms. The van der Waals surface area contributed by atoms with Crippen LogP contribution in [0.2, 0.25) is 0 Å². The van der Waals surface area contributed by atoms with Crippen molar-refractivity contribution in [2.75, 3.05) is 0 Å². The fourth-order valence-electron chi connectivity index (χ4n) is 3.85. The van der Waals surface area contributed by atoms with Crippen LogP contribution in [0, 0.1) is 23.7 Å². The SMILES string of the molecule is C=C(C)C1CCC(C)CC1O.C=C(C)C1CCC(C)CC1O. The Kier molecular flexibility index (Phi) is 7.85. The van der Waals surface area contributed by atoms with E-state index < -0.39 is 0 Å². The topological polar surface area (TPSA) is 40.5 Å². The molecule has 0 amide bonds. The number of aliphatic hydroxyl groups is 2. The Morgan fingerprint density at radius 2 is 1.05 bits per heavy atom. The molecule has 0 aliphatic heterocycles. The highest BCUT2D eigenvalue weighted by atomic mass is 16.3. The smallest absolute Gasteiger partial charge is 0.0607 e. The van der Waals surface area contributed by atoms with Gasteiger partial charge in [-0.25, -0.2) is 0 Å². The molecule has 0 aromatic carbocycles. The third kappa shape index (κ3) is 5.89. The largest absolute Gasteiger partial charge is 0.392 e. The van der Waals surface area contributed by atoms with E-state index in [0.29, 0.717) is 23.7 Å². The Labute approximate surface area is 137 Å². The summed E-state index contributed by atoms with van der Waals surface area (Å²) in [5, 5.41) is 19.3. The lowest BCUT2D eigenvalue weighted by molar-refractivity contribution is 0.0653. The van der Waals surface area contributed by atoms with Crippen LogP contribution in [0.25, 0.3) is 0 Å². The molecular formula is C20H36O2. The molecular weight excluding hydrogens is 272 g/mol. The highest BCUT2D eigenvalue weighted by Crippen LogP contribution is 2.33. The van der Waals surface area contributed by atoms with Gasteiger partial charge in [0, 0.05) is 11.8 Å². The fourth-order valence-corrected chi connectivity index (χ4v) is 3.85. The molecule has 6 unspecified atom stereocenters. The summed E-state index contributed by atoms with van der Waals surface area (Å²) >= 11 is 0. The number of hydrogen-bond donors (Lipinski definition) is 2. The van der Waals surface area contributed by atoms with Crippen LogP contribution >= 0.6 is 0 Å². The first-order valence-corrected chi connectivity index (χ1v) is 8.89. The summed E-state index contributed by atoms with van der Waals surface area (Å²) in [4.78, 5) is 0. The molecule has 2 N–H and O–H groups in total. The van der Waals surface area contributed by atoms with Crippen LogP contribution in [0.5, 0.6) is 0 Å². The van der Waals surface area contributed by atoms with E-state index in [4.69, 9.17) is 0 Å². The van der Waals surface area contributed by atoms with Crippen molar-refractivity contribution in [1.82, 2.24) is 0 Å². The Morgan fingerprint density at radius 1 is 0.727 bits per heavy atom. The zero-order chi connectivity index (χ0) is 16.9. The molecule has 6 atom stereocenters. The zero-order valence-corrected chi connectivity index (χ0v) is 15.0. The molecule has 0 aromatic heterocycles. The van der Waals surface area contributed by atoms with Crippen molar-refractivity contribution in [1.29, 1.82) is 0 Å². The van der Waals surface area contributed by atoms with Crippen LogP contribution in [-0.2, 0) is 0 Å². The van der Waals surface area contributed by atoms with Crippen molar-refractivity contribution in [3.8, 4) is 0 Å².